The topological polar surface area (TPSA) is 124 Å². The number of thioether (sulfide) groups is 1. The molecule has 0 saturated heterocycles. The molecule has 0 bridgehead atoms. The van der Waals surface area contributed by atoms with Crippen LogP contribution in [0.5, 0.6) is 5.75 Å². The van der Waals surface area contributed by atoms with Gasteiger partial charge in [0.1, 0.15) is 5.75 Å². The van der Waals surface area contributed by atoms with Crippen LogP contribution in [0.2, 0.25) is 5.02 Å². The number of anilines is 1. The molecule has 10 nitrogen and oxygen atoms in total. The van der Waals surface area contributed by atoms with Gasteiger partial charge in [-0.05, 0) is 49.4 Å². The summed E-state index contributed by atoms with van der Waals surface area (Å²) in [4.78, 5) is 36.6. The zero-order valence-corrected chi connectivity index (χ0v) is 20.9. The second kappa shape index (κ2) is 12.2. The van der Waals surface area contributed by atoms with Gasteiger partial charge >= 0.3 is 5.97 Å². The summed E-state index contributed by atoms with van der Waals surface area (Å²) < 4.78 is 11.6. The van der Waals surface area contributed by atoms with E-state index in [1.54, 1.807) is 31.4 Å². The van der Waals surface area contributed by atoms with E-state index >= 15 is 0 Å². The molecule has 2 aromatic carbocycles. The van der Waals surface area contributed by atoms with Gasteiger partial charge in [-0.3, -0.25) is 9.59 Å². The van der Waals surface area contributed by atoms with Gasteiger partial charge in [-0.1, -0.05) is 23.4 Å². The predicted octanol–water partition coefficient (Wildman–Crippen LogP) is 3.41. The number of esters is 1. The molecule has 0 aliphatic heterocycles. The first kappa shape index (κ1) is 26.0. The highest BCUT2D eigenvalue weighted by atomic mass is 35.5. The number of rotatable bonds is 10. The molecule has 0 fully saturated rings. The summed E-state index contributed by atoms with van der Waals surface area (Å²) in [6.45, 7) is 2.65. The van der Waals surface area contributed by atoms with Crippen molar-refractivity contribution >= 4 is 46.8 Å². The average molecular weight is 518 g/mol. The van der Waals surface area contributed by atoms with Gasteiger partial charge in [0.2, 0.25) is 5.91 Å². The molecule has 1 aromatic heterocycles. The van der Waals surface area contributed by atoms with Crippen molar-refractivity contribution < 1.29 is 23.9 Å². The first-order chi connectivity index (χ1) is 16.9. The Balaban J connectivity index is 1.58. The zero-order chi connectivity index (χ0) is 25.4. The summed E-state index contributed by atoms with van der Waals surface area (Å²) in [7, 11) is 2.83. The Morgan fingerprint density at radius 1 is 1.06 bits per heavy atom. The van der Waals surface area contributed by atoms with E-state index in [-0.39, 0.29) is 29.7 Å². The molecule has 2 N–H and O–H groups in total. The van der Waals surface area contributed by atoms with Crippen LogP contribution in [0.25, 0.3) is 0 Å². The lowest BCUT2D eigenvalue weighted by Gasteiger charge is -2.10. The molecule has 0 aliphatic rings. The van der Waals surface area contributed by atoms with E-state index in [0.717, 1.165) is 0 Å². The van der Waals surface area contributed by atoms with Crippen LogP contribution < -0.4 is 15.4 Å². The van der Waals surface area contributed by atoms with Crippen LogP contribution in [-0.2, 0) is 22.6 Å². The van der Waals surface area contributed by atoms with E-state index in [2.05, 4.69) is 20.8 Å². The highest BCUT2D eigenvalue weighted by molar-refractivity contribution is 7.99. The van der Waals surface area contributed by atoms with Gasteiger partial charge in [0.05, 0.1) is 42.8 Å². The van der Waals surface area contributed by atoms with Crippen LogP contribution in [0.4, 0.5) is 5.69 Å². The van der Waals surface area contributed by atoms with Crippen molar-refractivity contribution in [2.24, 2.45) is 0 Å². The van der Waals surface area contributed by atoms with E-state index in [1.807, 2.05) is 11.5 Å². The molecule has 184 valence electrons. The number of halogens is 1. The van der Waals surface area contributed by atoms with E-state index in [0.29, 0.717) is 39.5 Å². The number of carbonyl (C=O) groups excluding carboxylic acids is 3. The zero-order valence-electron chi connectivity index (χ0n) is 19.3. The summed E-state index contributed by atoms with van der Waals surface area (Å²) >= 11 is 7.33. The molecule has 3 aromatic rings. The van der Waals surface area contributed by atoms with Crippen molar-refractivity contribution in [3.8, 4) is 5.75 Å². The lowest BCUT2D eigenvalue weighted by Crippen LogP contribution is -2.24. The number of hydrogen-bond acceptors (Lipinski definition) is 8. The van der Waals surface area contributed by atoms with Gasteiger partial charge in [-0.25, -0.2) is 4.79 Å². The normalized spacial score (nSPS) is 10.5. The van der Waals surface area contributed by atoms with Gasteiger partial charge in [-0.2, -0.15) is 0 Å². The van der Waals surface area contributed by atoms with E-state index < -0.39 is 5.97 Å². The Hall–Kier alpha value is -3.57. The standard InChI is InChI=1S/C23H24ClN5O5S/c1-4-29-19(12-25-21(31)14-5-8-16(33-2)9-6-14)27-28-23(29)35-13-20(30)26-18-11-15(22(32)34-3)7-10-17(18)24/h5-11H,4,12-13H2,1-3H3,(H,25,31)(H,26,30). The Bertz CT molecular complexity index is 1220. The molecule has 0 aliphatic carbocycles. The fraction of sp³-hybridized carbons (Fsp3) is 0.261. The quantitative estimate of drug-likeness (QED) is 0.309. The van der Waals surface area contributed by atoms with E-state index in [9.17, 15) is 14.4 Å². The van der Waals surface area contributed by atoms with Gasteiger partial charge < -0.3 is 24.7 Å². The van der Waals surface area contributed by atoms with Gasteiger partial charge in [-0.15, -0.1) is 10.2 Å². The van der Waals surface area contributed by atoms with Crippen LogP contribution in [0, 0.1) is 0 Å². The minimum absolute atomic E-state index is 0.0368. The summed E-state index contributed by atoms with van der Waals surface area (Å²) in [5, 5.41) is 14.6. The monoisotopic (exact) mass is 517 g/mol. The first-order valence-electron chi connectivity index (χ1n) is 10.5. The van der Waals surface area contributed by atoms with Crippen LogP contribution in [0.1, 0.15) is 33.5 Å². The molecule has 1 heterocycles. The third-order valence-corrected chi connectivity index (χ3v) is 6.16. The molecule has 2 amide bonds. The van der Waals surface area contributed by atoms with Crippen LogP contribution >= 0.6 is 23.4 Å². The highest BCUT2D eigenvalue weighted by Crippen LogP contribution is 2.24. The first-order valence-corrected chi connectivity index (χ1v) is 11.9. The molecule has 0 spiro atoms. The number of amides is 2. The van der Waals surface area contributed by atoms with Gasteiger partial charge in [0.25, 0.3) is 5.91 Å². The van der Waals surface area contributed by atoms with Gasteiger partial charge in [0.15, 0.2) is 11.0 Å². The van der Waals surface area contributed by atoms with Crippen molar-refractivity contribution in [1.29, 1.82) is 0 Å². The molecule has 12 heteroatoms. The Labute approximate surface area is 211 Å². The second-order valence-corrected chi connectivity index (χ2v) is 8.43. The minimum atomic E-state index is -0.533. The third-order valence-electron chi connectivity index (χ3n) is 4.86. The van der Waals surface area contributed by atoms with Crippen LogP contribution in [-0.4, -0.2) is 52.5 Å². The fourth-order valence-electron chi connectivity index (χ4n) is 3.06. The van der Waals surface area contributed by atoms with Crippen LogP contribution in [0.3, 0.4) is 0 Å². The summed E-state index contributed by atoms with van der Waals surface area (Å²) in [5.41, 5.74) is 1.07. The van der Waals surface area contributed by atoms with Crippen LogP contribution in [0.15, 0.2) is 47.6 Å². The number of aromatic nitrogens is 3. The van der Waals surface area contributed by atoms with Crippen molar-refractivity contribution in [2.75, 3.05) is 25.3 Å². The molecule has 35 heavy (non-hydrogen) atoms. The van der Waals surface area contributed by atoms with Gasteiger partial charge in [0, 0.05) is 12.1 Å². The summed E-state index contributed by atoms with van der Waals surface area (Å²) in [6, 6.07) is 11.2. The molecule has 0 saturated carbocycles. The molecule has 3 rings (SSSR count). The number of benzene rings is 2. The fourth-order valence-corrected chi connectivity index (χ4v) is 4.05. The highest BCUT2D eigenvalue weighted by Gasteiger charge is 2.16. The Kier molecular flexibility index (Phi) is 9.10. The maximum atomic E-state index is 12.5. The number of ether oxygens (including phenoxy) is 2. The number of nitrogens with one attached hydrogen (secondary N) is 2. The molecule has 0 unspecified atom stereocenters. The SMILES string of the molecule is CCn1c(CNC(=O)c2ccc(OC)cc2)nnc1SCC(=O)Nc1cc(C(=O)OC)ccc1Cl. The Morgan fingerprint density at radius 2 is 1.77 bits per heavy atom. The largest absolute Gasteiger partial charge is 0.497 e. The van der Waals surface area contributed by atoms with Crippen molar-refractivity contribution in [1.82, 2.24) is 20.1 Å². The summed E-state index contributed by atoms with van der Waals surface area (Å²) in [6.07, 6.45) is 0. The van der Waals surface area contributed by atoms with Crippen molar-refractivity contribution in [3.63, 3.8) is 0 Å². The number of methoxy groups -OCH3 is 2. The second-order valence-electron chi connectivity index (χ2n) is 7.08. The van der Waals surface area contributed by atoms with Crippen molar-refractivity contribution in [3.05, 3.63) is 64.4 Å². The smallest absolute Gasteiger partial charge is 0.337 e. The maximum absolute atomic E-state index is 12.5. The molecule has 0 radical (unpaired) electrons. The minimum Gasteiger partial charge on any atom is -0.497 e. The molecule has 0 atom stereocenters. The lowest BCUT2D eigenvalue weighted by atomic mass is 10.2. The maximum Gasteiger partial charge on any atom is 0.337 e. The lowest BCUT2D eigenvalue weighted by molar-refractivity contribution is -0.113. The third kappa shape index (κ3) is 6.74. The number of hydrogen-bond donors (Lipinski definition) is 2. The number of carbonyl (C=O) groups is 3. The number of nitrogens with zero attached hydrogens (tertiary/aromatic N) is 3. The molecular formula is C23H24ClN5O5S. The summed E-state index contributed by atoms with van der Waals surface area (Å²) in [5.74, 6) is 0.142. The molecular weight excluding hydrogens is 494 g/mol. The van der Waals surface area contributed by atoms with Crippen molar-refractivity contribution in [2.45, 2.75) is 25.2 Å². The van der Waals surface area contributed by atoms with E-state index in [4.69, 9.17) is 21.1 Å². The Morgan fingerprint density at radius 3 is 2.43 bits per heavy atom. The van der Waals surface area contributed by atoms with E-state index in [1.165, 1.54) is 37.1 Å². The predicted molar refractivity (Wildman–Crippen MR) is 132 cm³/mol. The average Bonchev–Trinajstić information content (AvgIpc) is 3.28.